The van der Waals surface area contributed by atoms with Crippen molar-refractivity contribution >= 4 is 21.9 Å². The number of fused-ring (bicyclic) bond motifs is 2. The van der Waals surface area contributed by atoms with Gasteiger partial charge in [0, 0.05) is 11.1 Å². The molecule has 202 valence electrons. The molecule has 43 heavy (non-hydrogen) atoms. The van der Waals surface area contributed by atoms with Gasteiger partial charge in [0.2, 0.25) is 0 Å². The molecule has 0 aliphatic rings. The van der Waals surface area contributed by atoms with Crippen molar-refractivity contribution in [1.82, 2.24) is 9.97 Å². The van der Waals surface area contributed by atoms with E-state index in [-0.39, 0.29) is 0 Å². The van der Waals surface area contributed by atoms with E-state index in [9.17, 15) is 0 Å². The summed E-state index contributed by atoms with van der Waals surface area (Å²) < 4.78 is 5.53. The van der Waals surface area contributed by atoms with Gasteiger partial charge in [-0.1, -0.05) is 121 Å². The van der Waals surface area contributed by atoms with E-state index in [2.05, 4.69) is 138 Å². The zero-order valence-corrected chi connectivity index (χ0v) is 23.3. The second kappa shape index (κ2) is 10.6. The van der Waals surface area contributed by atoms with Gasteiger partial charge < -0.3 is 4.42 Å². The highest BCUT2D eigenvalue weighted by atomic mass is 16.3. The summed E-state index contributed by atoms with van der Waals surface area (Å²) in [5, 5.41) is 2.41. The Morgan fingerprint density at radius 1 is 0.442 bits per heavy atom. The van der Waals surface area contributed by atoms with Crippen LogP contribution in [0.3, 0.4) is 0 Å². The van der Waals surface area contributed by atoms with Crippen LogP contribution in [-0.2, 0) is 0 Å². The Bertz CT molecular complexity index is 2180. The van der Waals surface area contributed by atoms with E-state index in [1.165, 1.54) is 22.7 Å². The first-order chi connectivity index (χ1) is 21.3. The normalized spacial score (nSPS) is 11.3. The molecule has 0 amide bonds. The lowest BCUT2D eigenvalue weighted by Crippen LogP contribution is -1.92. The number of nitrogens with zero attached hydrogens (tertiary/aromatic N) is 2. The molecule has 0 saturated carbocycles. The van der Waals surface area contributed by atoms with Crippen LogP contribution in [-0.4, -0.2) is 9.97 Å². The highest BCUT2D eigenvalue weighted by molar-refractivity contribution is 6.05. The molecule has 2 heterocycles. The monoisotopic (exact) mass is 550 g/mol. The summed E-state index contributed by atoms with van der Waals surface area (Å²) in [6.07, 6.45) is 1.50. The first-order valence-electron chi connectivity index (χ1n) is 14.4. The van der Waals surface area contributed by atoms with Crippen molar-refractivity contribution < 1.29 is 4.42 Å². The van der Waals surface area contributed by atoms with E-state index < -0.39 is 0 Å². The number of rotatable bonds is 5. The van der Waals surface area contributed by atoms with Crippen LogP contribution in [0.2, 0.25) is 0 Å². The molecule has 8 aromatic rings. The van der Waals surface area contributed by atoms with Crippen LogP contribution in [0.25, 0.3) is 77.8 Å². The van der Waals surface area contributed by atoms with Gasteiger partial charge in [-0.3, -0.25) is 0 Å². The molecule has 0 saturated heterocycles. The van der Waals surface area contributed by atoms with Gasteiger partial charge in [0.05, 0.1) is 11.4 Å². The standard InChI is InChI=1S/C40H26N2O/c1-3-11-28(12-4-1)36-24-33(25-37(42-36)29-13-5-2-6-14-29)30-15-9-16-32(22-30)40-34-17-8-7-10-27(34)18-20-35(40)31-19-21-39-38(23-31)41-26-43-39/h1-26H. The summed E-state index contributed by atoms with van der Waals surface area (Å²) in [7, 11) is 0. The van der Waals surface area contributed by atoms with Crippen molar-refractivity contribution in [2.24, 2.45) is 0 Å². The van der Waals surface area contributed by atoms with Crippen LogP contribution in [0.4, 0.5) is 0 Å². The van der Waals surface area contributed by atoms with Crippen LogP contribution < -0.4 is 0 Å². The van der Waals surface area contributed by atoms with Gasteiger partial charge in [-0.2, -0.15) is 0 Å². The van der Waals surface area contributed by atoms with Crippen LogP contribution in [0, 0.1) is 0 Å². The lowest BCUT2D eigenvalue weighted by atomic mass is 9.88. The molecule has 0 radical (unpaired) electrons. The van der Waals surface area contributed by atoms with Crippen LogP contribution in [0.5, 0.6) is 0 Å². The second-order valence-corrected chi connectivity index (χ2v) is 10.7. The highest BCUT2D eigenvalue weighted by Crippen LogP contribution is 2.40. The average molecular weight is 551 g/mol. The quantitative estimate of drug-likeness (QED) is 0.214. The number of hydrogen-bond donors (Lipinski definition) is 0. The molecule has 8 rings (SSSR count). The summed E-state index contributed by atoms with van der Waals surface area (Å²) in [6, 6.07) is 53.3. The summed E-state index contributed by atoms with van der Waals surface area (Å²) >= 11 is 0. The Morgan fingerprint density at radius 2 is 1.12 bits per heavy atom. The van der Waals surface area contributed by atoms with Crippen molar-refractivity contribution in [1.29, 1.82) is 0 Å². The predicted molar refractivity (Wildman–Crippen MR) is 176 cm³/mol. The lowest BCUT2D eigenvalue weighted by molar-refractivity contribution is 0.602. The molecular formula is C40H26N2O. The average Bonchev–Trinajstić information content (AvgIpc) is 3.57. The third-order valence-corrected chi connectivity index (χ3v) is 8.02. The van der Waals surface area contributed by atoms with Gasteiger partial charge in [0.1, 0.15) is 5.52 Å². The number of aromatic nitrogens is 2. The minimum Gasteiger partial charge on any atom is -0.443 e. The molecule has 3 heteroatoms. The van der Waals surface area contributed by atoms with Crippen molar-refractivity contribution in [3.63, 3.8) is 0 Å². The lowest BCUT2D eigenvalue weighted by Gasteiger charge is -2.16. The number of benzene rings is 6. The molecule has 0 unspecified atom stereocenters. The van der Waals surface area contributed by atoms with E-state index in [4.69, 9.17) is 9.40 Å². The fraction of sp³-hybridized carbons (Fsp3) is 0. The van der Waals surface area contributed by atoms with E-state index in [1.54, 1.807) is 0 Å². The molecule has 0 aliphatic heterocycles. The van der Waals surface area contributed by atoms with E-state index in [0.29, 0.717) is 0 Å². The molecule has 6 aromatic carbocycles. The molecule has 0 atom stereocenters. The SMILES string of the molecule is c1ccc(-c2cc(-c3cccc(-c4c(-c5ccc6ocnc6c5)ccc5ccccc45)c3)cc(-c3ccccc3)n2)cc1. The third-order valence-electron chi connectivity index (χ3n) is 8.02. The number of pyridine rings is 1. The number of oxazole rings is 1. The Kier molecular flexibility index (Phi) is 6.12. The molecule has 0 spiro atoms. The van der Waals surface area contributed by atoms with E-state index >= 15 is 0 Å². The summed E-state index contributed by atoms with van der Waals surface area (Å²) in [5.74, 6) is 0. The molecule has 0 fully saturated rings. The van der Waals surface area contributed by atoms with Gasteiger partial charge in [0.15, 0.2) is 12.0 Å². The van der Waals surface area contributed by atoms with Crippen LogP contribution in [0.15, 0.2) is 162 Å². The summed E-state index contributed by atoms with van der Waals surface area (Å²) in [5.41, 5.74) is 12.6. The minimum absolute atomic E-state index is 0.786. The van der Waals surface area contributed by atoms with Crippen molar-refractivity contribution in [2.75, 3.05) is 0 Å². The Hall–Kier alpha value is -5.80. The largest absolute Gasteiger partial charge is 0.443 e. The van der Waals surface area contributed by atoms with Gasteiger partial charge in [-0.05, 0) is 74.5 Å². The van der Waals surface area contributed by atoms with Crippen LogP contribution in [0.1, 0.15) is 0 Å². The van der Waals surface area contributed by atoms with Crippen molar-refractivity contribution in [3.8, 4) is 55.9 Å². The van der Waals surface area contributed by atoms with Gasteiger partial charge in [-0.25, -0.2) is 9.97 Å². The molecule has 0 bridgehead atoms. The Morgan fingerprint density at radius 3 is 1.88 bits per heavy atom. The maximum Gasteiger partial charge on any atom is 0.181 e. The Labute approximate surface area is 249 Å². The third kappa shape index (κ3) is 4.67. The van der Waals surface area contributed by atoms with Crippen molar-refractivity contribution in [3.05, 3.63) is 158 Å². The first-order valence-corrected chi connectivity index (χ1v) is 14.4. The fourth-order valence-corrected chi connectivity index (χ4v) is 5.91. The van der Waals surface area contributed by atoms with Crippen LogP contribution >= 0.6 is 0 Å². The van der Waals surface area contributed by atoms with Gasteiger partial charge >= 0.3 is 0 Å². The molecule has 0 N–H and O–H groups in total. The maximum atomic E-state index is 5.53. The topological polar surface area (TPSA) is 38.9 Å². The molecule has 0 aliphatic carbocycles. The maximum absolute atomic E-state index is 5.53. The fourth-order valence-electron chi connectivity index (χ4n) is 5.91. The summed E-state index contributed by atoms with van der Waals surface area (Å²) in [6.45, 7) is 0. The zero-order valence-electron chi connectivity index (χ0n) is 23.3. The summed E-state index contributed by atoms with van der Waals surface area (Å²) in [4.78, 5) is 9.50. The van der Waals surface area contributed by atoms with E-state index in [0.717, 1.165) is 61.4 Å². The smallest absolute Gasteiger partial charge is 0.181 e. The second-order valence-electron chi connectivity index (χ2n) is 10.7. The molecule has 2 aromatic heterocycles. The minimum atomic E-state index is 0.786. The predicted octanol–water partition coefficient (Wildman–Crippen LogP) is 10.7. The first kappa shape index (κ1) is 25.0. The van der Waals surface area contributed by atoms with Crippen molar-refractivity contribution in [2.45, 2.75) is 0 Å². The van der Waals surface area contributed by atoms with E-state index in [1.807, 2.05) is 18.2 Å². The number of hydrogen-bond acceptors (Lipinski definition) is 3. The highest BCUT2D eigenvalue weighted by Gasteiger charge is 2.15. The zero-order chi connectivity index (χ0) is 28.6. The Balaban J connectivity index is 1.33. The molecular weight excluding hydrogens is 524 g/mol. The van der Waals surface area contributed by atoms with Gasteiger partial charge in [-0.15, -0.1) is 0 Å². The van der Waals surface area contributed by atoms with Gasteiger partial charge in [0.25, 0.3) is 0 Å². The molecule has 3 nitrogen and oxygen atoms in total.